The maximum absolute atomic E-state index is 11.0. The summed E-state index contributed by atoms with van der Waals surface area (Å²) >= 11 is 0. The molecular weight excluding hydrogens is 180 g/mol. The van der Waals surface area contributed by atoms with Crippen LogP contribution in [0, 0.1) is 0 Å². The molecule has 0 amide bonds. The second-order valence-corrected chi connectivity index (χ2v) is 3.61. The molecule has 1 aromatic heterocycles. The zero-order chi connectivity index (χ0) is 9.03. The molecule has 0 saturated carbocycles. The summed E-state index contributed by atoms with van der Waals surface area (Å²) in [5.41, 5.74) is 0. The minimum absolute atomic E-state index is 0.217. The molecule has 0 N–H and O–H groups in total. The summed E-state index contributed by atoms with van der Waals surface area (Å²) in [5.74, 6) is -0.217. The number of imidazole rings is 1. The smallest absolute Gasteiger partial charge is 0.286 e. The van der Waals surface area contributed by atoms with Crippen LogP contribution >= 0.6 is 0 Å². The van der Waals surface area contributed by atoms with E-state index in [0.717, 1.165) is 4.73 Å². The van der Waals surface area contributed by atoms with E-state index in [9.17, 15) is 8.42 Å². The molecule has 1 heterocycles. The van der Waals surface area contributed by atoms with Crippen molar-refractivity contribution in [3.63, 3.8) is 0 Å². The third-order valence-corrected chi connectivity index (χ3v) is 2.04. The highest BCUT2D eigenvalue weighted by Gasteiger charge is 2.08. The van der Waals surface area contributed by atoms with Crippen molar-refractivity contribution in [3.05, 3.63) is 31.4 Å². The van der Waals surface area contributed by atoms with Gasteiger partial charge in [0.15, 0.2) is 0 Å². The first kappa shape index (κ1) is 8.79. The number of aromatic nitrogens is 2. The predicted octanol–water partition coefficient (Wildman–Crippen LogP) is -0.173. The number of nitrogens with zero attached hydrogens (tertiary/aromatic N) is 2. The number of hydrogen-bond donors (Lipinski definition) is 0. The standard InChI is InChI=1S/C6H8N2O3S/c1-2-5-12(9,10)11-8-4-3-7-6-8/h2-4,6H,1,5H2. The van der Waals surface area contributed by atoms with E-state index < -0.39 is 10.1 Å². The van der Waals surface area contributed by atoms with Gasteiger partial charge in [0.2, 0.25) is 0 Å². The Morgan fingerprint density at radius 1 is 1.67 bits per heavy atom. The van der Waals surface area contributed by atoms with E-state index in [4.69, 9.17) is 0 Å². The Bertz CT molecular complexity index is 341. The van der Waals surface area contributed by atoms with Crippen molar-refractivity contribution in [2.75, 3.05) is 5.75 Å². The average Bonchev–Trinajstić information content (AvgIpc) is 2.38. The Labute approximate surface area is 70.4 Å². The van der Waals surface area contributed by atoms with Gasteiger partial charge in [-0.1, -0.05) is 6.08 Å². The summed E-state index contributed by atoms with van der Waals surface area (Å²) in [4.78, 5) is 3.61. The summed E-state index contributed by atoms with van der Waals surface area (Å²) in [6.45, 7) is 3.29. The van der Waals surface area contributed by atoms with Crippen molar-refractivity contribution >= 4 is 10.1 Å². The van der Waals surface area contributed by atoms with Gasteiger partial charge in [-0.05, 0) is 0 Å². The SMILES string of the molecule is C=CCS(=O)(=O)On1ccnc1. The second kappa shape index (κ2) is 3.40. The van der Waals surface area contributed by atoms with Crippen LogP contribution in [0.25, 0.3) is 0 Å². The number of rotatable bonds is 4. The summed E-state index contributed by atoms with van der Waals surface area (Å²) in [6, 6.07) is 0. The second-order valence-electron chi connectivity index (χ2n) is 2.01. The lowest BCUT2D eigenvalue weighted by Gasteiger charge is -2.02. The van der Waals surface area contributed by atoms with Crippen LogP contribution in [0.3, 0.4) is 0 Å². The fourth-order valence-corrected chi connectivity index (χ4v) is 1.30. The highest BCUT2D eigenvalue weighted by Crippen LogP contribution is 1.90. The Hall–Kier alpha value is -1.30. The van der Waals surface area contributed by atoms with Crippen molar-refractivity contribution in [1.29, 1.82) is 0 Å². The summed E-state index contributed by atoms with van der Waals surface area (Å²) < 4.78 is 27.5. The van der Waals surface area contributed by atoms with Crippen LogP contribution in [0.4, 0.5) is 0 Å². The molecule has 0 aliphatic rings. The first-order valence-electron chi connectivity index (χ1n) is 3.15. The van der Waals surface area contributed by atoms with Gasteiger partial charge in [0.25, 0.3) is 0 Å². The highest BCUT2D eigenvalue weighted by atomic mass is 32.2. The van der Waals surface area contributed by atoms with Crippen LogP contribution in [-0.2, 0) is 10.1 Å². The van der Waals surface area contributed by atoms with Crippen LogP contribution in [0.5, 0.6) is 0 Å². The maximum atomic E-state index is 11.0. The van der Waals surface area contributed by atoms with Crippen LogP contribution in [0.1, 0.15) is 0 Å². The van der Waals surface area contributed by atoms with Gasteiger partial charge in [-0.3, -0.25) is 4.28 Å². The zero-order valence-electron chi connectivity index (χ0n) is 6.25. The molecule has 5 nitrogen and oxygen atoms in total. The summed E-state index contributed by atoms with van der Waals surface area (Å²) in [7, 11) is -3.55. The molecule has 0 saturated heterocycles. The Balaban J connectivity index is 2.69. The molecule has 0 unspecified atom stereocenters. The third kappa shape index (κ3) is 2.39. The topological polar surface area (TPSA) is 61.2 Å². The van der Waals surface area contributed by atoms with Crippen LogP contribution in [0.2, 0.25) is 0 Å². The molecule has 0 bridgehead atoms. The number of hydrogen-bond acceptors (Lipinski definition) is 4. The van der Waals surface area contributed by atoms with Gasteiger partial charge >= 0.3 is 10.1 Å². The molecular formula is C6H8N2O3S. The highest BCUT2D eigenvalue weighted by molar-refractivity contribution is 7.87. The Morgan fingerprint density at radius 3 is 2.92 bits per heavy atom. The predicted molar refractivity (Wildman–Crippen MR) is 42.8 cm³/mol. The Morgan fingerprint density at radius 2 is 2.42 bits per heavy atom. The van der Waals surface area contributed by atoms with Crippen molar-refractivity contribution in [2.45, 2.75) is 0 Å². The molecule has 0 atom stereocenters. The lowest BCUT2D eigenvalue weighted by atomic mass is 10.8. The van der Waals surface area contributed by atoms with E-state index >= 15 is 0 Å². The molecule has 0 aromatic carbocycles. The van der Waals surface area contributed by atoms with Crippen LogP contribution < -0.4 is 4.28 Å². The van der Waals surface area contributed by atoms with Gasteiger partial charge in [-0.2, -0.15) is 13.1 Å². The minimum atomic E-state index is -3.55. The molecule has 6 heteroatoms. The van der Waals surface area contributed by atoms with Crippen LogP contribution in [-0.4, -0.2) is 23.9 Å². The van der Waals surface area contributed by atoms with E-state index in [1.807, 2.05) is 0 Å². The van der Waals surface area contributed by atoms with Crippen molar-refractivity contribution < 1.29 is 12.7 Å². The van der Waals surface area contributed by atoms with Crippen LogP contribution in [0.15, 0.2) is 31.4 Å². The quantitative estimate of drug-likeness (QED) is 0.615. The summed E-state index contributed by atoms with van der Waals surface area (Å²) in [6.07, 6.45) is 5.32. The Kier molecular flexibility index (Phi) is 2.49. The van der Waals surface area contributed by atoms with Gasteiger partial charge in [0, 0.05) is 6.20 Å². The van der Waals surface area contributed by atoms with E-state index in [1.165, 1.54) is 24.8 Å². The van der Waals surface area contributed by atoms with Gasteiger partial charge < -0.3 is 0 Å². The van der Waals surface area contributed by atoms with Gasteiger partial charge in [0.05, 0.1) is 6.20 Å². The molecule has 12 heavy (non-hydrogen) atoms. The van der Waals surface area contributed by atoms with Gasteiger partial charge in [0.1, 0.15) is 12.1 Å². The lowest BCUT2D eigenvalue weighted by molar-refractivity contribution is 0.280. The molecule has 1 aromatic rings. The maximum Gasteiger partial charge on any atom is 0.330 e. The molecule has 0 fully saturated rings. The molecule has 0 aliphatic heterocycles. The van der Waals surface area contributed by atoms with E-state index in [0.29, 0.717) is 0 Å². The van der Waals surface area contributed by atoms with Crippen molar-refractivity contribution in [2.24, 2.45) is 0 Å². The van der Waals surface area contributed by atoms with E-state index in [-0.39, 0.29) is 5.75 Å². The van der Waals surface area contributed by atoms with Crippen molar-refractivity contribution in [1.82, 2.24) is 9.71 Å². The molecule has 0 aliphatic carbocycles. The fourth-order valence-electron chi connectivity index (χ4n) is 0.597. The molecule has 1 rings (SSSR count). The van der Waals surface area contributed by atoms with Gasteiger partial charge in [-0.25, -0.2) is 4.98 Å². The monoisotopic (exact) mass is 188 g/mol. The first-order chi connectivity index (χ1) is 5.64. The van der Waals surface area contributed by atoms with Gasteiger partial charge in [-0.15, -0.1) is 6.58 Å². The molecule has 0 radical (unpaired) electrons. The lowest BCUT2D eigenvalue weighted by Crippen LogP contribution is -2.20. The largest absolute Gasteiger partial charge is 0.330 e. The third-order valence-electron chi connectivity index (χ3n) is 1.00. The fraction of sp³-hybridized carbons (Fsp3) is 0.167. The molecule has 0 spiro atoms. The normalized spacial score (nSPS) is 11.0. The molecule has 66 valence electrons. The van der Waals surface area contributed by atoms with E-state index in [2.05, 4.69) is 15.8 Å². The zero-order valence-corrected chi connectivity index (χ0v) is 7.07. The van der Waals surface area contributed by atoms with E-state index in [1.54, 1.807) is 0 Å². The van der Waals surface area contributed by atoms with Crippen molar-refractivity contribution in [3.8, 4) is 0 Å². The first-order valence-corrected chi connectivity index (χ1v) is 4.73. The summed E-state index contributed by atoms with van der Waals surface area (Å²) in [5, 5.41) is 0. The average molecular weight is 188 g/mol. The minimum Gasteiger partial charge on any atom is -0.286 e.